The van der Waals surface area contributed by atoms with Crippen LogP contribution in [0.2, 0.25) is 0 Å². The third-order valence-corrected chi connectivity index (χ3v) is 7.97. The van der Waals surface area contributed by atoms with Gasteiger partial charge in [-0.15, -0.1) is 0 Å². The first-order valence-electron chi connectivity index (χ1n) is 11.3. The predicted molar refractivity (Wildman–Crippen MR) is 126 cm³/mol. The first kappa shape index (κ1) is 22.4. The van der Waals surface area contributed by atoms with E-state index < -0.39 is 10.0 Å². The van der Waals surface area contributed by atoms with Gasteiger partial charge in [0.05, 0.1) is 24.0 Å². The first-order valence-corrected chi connectivity index (χ1v) is 12.8. The fourth-order valence-electron chi connectivity index (χ4n) is 4.31. The second-order valence-electron chi connectivity index (χ2n) is 8.34. The Morgan fingerprint density at radius 2 is 1.82 bits per heavy atom. The van der Waals surface area contributed by atoms with E-state index in [1.807, 2.05) is 6.07 Å². The molecule has 0 bridgehead atoms. The summed E-state index contributed by atoms with van der Waals surface area (Å²) in [5.41, 5.74) is 1.21. The van der Waals surface area contributed by atoms with E-state index in [2.05, 4.69) is 10.4 Å². The topological polar surface area (TPSA) is 108 Å². The van der Waals surface area contributed by atoms with E-state index in [0.717, 1.165) is 19.3 Å². The molecule has 1 aromatic carbocycles. The van der Waals surface area contributed by atoms with Crippen LogP contribution in [-0.2, 0) is 14.8 Å². The molecule has 34 heavy (non-hydrogen) atoms. The molecule has 10 heteroatoms. The van der Waals surface area contributed by atoms with Crippen molar-refractivity contribution >= 4 is 27.3 Å². The smallest absolute Gasteiger partial charge is 0.262 e. The van der Waals surface area contributed by atoms with Crippen molar-refractivity contribution in [2.24, 2.45) is 5.10 Å². The van der Waals surface area contributed by atoms with Gasteiger partial charge in [-0.2, -0.15) is 9.41 Å². The van der Waals surface area contributed by atoms with E-state index in [1.54, 1.807) is 55.0 Å². The largest absolute Gasteiger partial charge is 0.467 e. The van der Waals surface area contributed by atoms with Crippen molar-refractivity contribution in [3.05, 3.63) is 72.6 Å². The molecule has 2 aliphatic heterocycles. The molecular weight excluding hydrogens is 456 g/mol. The molecule has 1 amide bonds. The molecule has 1 unspecified atom stereocenters. The van der Waals surface area contributed by atoms with E-state index in [0.29, 0.717) is 42.4 Å². The van der Waals surface area contributed by atoms with Gasteiger partial charge in [-0.25, -0.2) is 13.4 Å². The molecular formula is C24H26N4O5S. The zero-order valence-electron chi connectivity index (χ0n) is 18.6. The number of hydrazone groups is 1. The number of carbonyl (C=O) groups excluding carboxylic acids is 1. The molecule has 9 nitrogen and oxygen atoms in total. The van der Waals surface area contributed by atoms with Gasteiger partial charge >= 0.3 is 0 Å². The van der Waals surface area contributed by atoms with E-state index in [-0.39, 0.29) is 23.4 Å². The quantitative estimate of drug-likeness (QED) is 0.548. The van der Waals surface area contributed by atoms with Crippen LogP contribution in [-0.4, -0.2) is 49.0 Å². The van der Waals surface area contributed by atoms with Gasteiger partial charge in [0.1, 0.15) is 23.3 Å². The summed E-state index contributed by atoms with van der Waals surface area (Å²) in [6.07, 6.45) is 6.40. The Bertz CT molecular complexity index is 1260. The highest BCUT2D eigenvalue weighted by Gasteiger charge is 2.35. The molecule has 1 N–H and O–H groups in total. The molecule has 1 atom stereocenters. The summed E-state index contributed by atoms with van der Waals surface area (Å²) in [7, 11) is -3.56. The summed E-state index contributed by atoms with van der Waals surface area (Å²) >= 11 is 0. The molecule has 1 saturated heterocycles. The lowest BCUT2D eigenvalue weighted by Gasteiger charge is -2.26. The van der Waals surface area contributed by atoms with Gasteiger partial charge in [-0.05, 0) is 55.3 Å². The predicted octanol–water partition coefficient (Wildman–Crippen LogP) is 3.84. The molecule has 0 saturated carbocycles. The molecule has 0 aliphatic carbocycles. The number of carbonyl (C=O) groups is 1. The lowest BCUT2D eigenvalue weighted by Crippen LogP contribution is -2.35. The standard InChI is InChI=1S/C24H26N4O5S/c29-24(28-21(23-10-6-14-33-23)16-20(26-28)22-9-5-13-32-22)17-25-18-7-4-8-19(15-18)34(30,31)27-11-2-1-3-12-27/h4-10,13-15,21,25H,1-3,11-12,16-17H2. The van der Waals surface area contributed by atoms with Crippen LogP contribution in [0, 0.1) is 0 Å². The van der Waals surface area contributed by atoms with Crippen LogP contribution in [0.25, 0.3) is 0 Å². The second kappa shape index (κ2) is 9.47. The summed E-state index contributed by atoms with van der Waals surface area (Å²) in [6.45, 7) is 1.02. The fraction of sp³-hybridized carbons (Fsp3) is 0.333. The molecule has 1 fully saturated rings. The van der Waals surface area contributed by atoms with Crippen LogP contribution < -0.4 is 5.32 Å². The van der Waals surface area contributed by atoms with Crippen molar-refractivity contribution in [2.45, 2.75) is 36.6 Å². The van der Waals surface area contributed by atoms with Crippen LogP contribution in [0.4, 0.5) is 5.69 Å². The second-order valence-corrected chi connectivity index (χ2v) is 10.3. The highest BCUT2D eigenvalue weighted by atomic mass is 32.2. The molecule has 4 heterocycles. The van der Waals surface area contributed by atoms with Crippen molar-refractivity contribution in [2.75, 3.05) is 25.0 Å². The highest BCUT2D eigenvalue weighted by molar-refractivity contribution is 7.89. The maximum absolute atomic E-state index is 13.1. The Kier molecular flexibility index (Phi) is 6.25. The number of rotatable bonds is 7. The number of piperidine rings is 1. The fourth-order valence-corrected chi connectivity index (χ4v) is 5.88. The minimum atomic E-state index is -3.56. The van der Waals surface area contributed by atoms with Gasteiger partial charge < -0.3 is 14.2 Å². The number of sulfonamides is 1. The summed E-state index contributed by atoms with van der Waals surface area (Å²) in [5.74, 6) is 0.968. The number of benzene rings is 1. The summed E-state index contributed by atoms with van der Waals surface area (Å²) in [6, 6.07) is 13.4. The molecule has 5 rings (SSSR count). The zero-order chi connectivity index (χ0) is 23.5. The van der Waals surface area contributed by atoms with Crippen LogP contribution in [0.1, 0.15) is 43.2 Å². The Morgan fingerprint density at radius 1 is 1.03 bits per heavy atom. The Hall–Kier alpha value is -3.37. The number of hydrogen-bond donors (Lipinski definition) is 1. The molecule has 2 aliphatic rings. The summed E-state index contributed by atoms with van der Waals surface area (Å²) in [5, 5.41) is 8.96. The monoisotopic (exact) mass is 482 g/mol. The van der Waals surface area contributed by atoms with E-state index in [9.17, 15) is 13.2 Å². The third kappa shape index (κ3) is 4.51. The maximum Gasteiger partial charge on any atom is 0.262 e. The SMILES string of the molecule is O=C(CNc1cccc(S(=O)(=O)N2CCCCC2)c1)N1N=C(c2ccco2)CC1c1ccco1. The van der Waals surface area contributed by atoms with Crippen LogP contribution in [0.3, 0.4) is 0 Å². The molecule has 0 spiro atoms. The van der Waals surface area contributed by atoms with E-state index in [4.69, 9.17) is 8.83 Å². The number of nitrogens with one attached hydrogen (secondary N) is 1. The molecule has 178 valence electrons. The van der Waals surface area contributed by atoms with Crippen LogP contribution >= 0.6 is 0 Å². The number of furan rings is 2. The lowest BCUT2D eigenvalue weighted by atomic mass is 10.1. The average Bonchev–Trinajstić information content (AvgIpc) is 3.64. The van der Waals surface area contributed by atoms with E-state index in [1.165, 1.54) is 9.31 Å². The Morgan fingerprint density at radius 3 is 2.56 bits per heavy atom. The van der Waals surface area contributed by atoms with Gasteiger partial charge in [-0.1, -0.05) is 12.5 Å². The number of hydrogen-bond acceptors (Lipinski definition) is 7. The van der Waals surface area contributed by atoms with Gasteiger partial charge in [-0.3, -0.25) is 4.79 Å². The van der Waals surface area contributed by atoms with Crippen molar-refractivity contribution in [1.82, 2.24) is 9.31 Å². The highest BCUT2D eigenvalue weighted by Crippen LogP contribution is 2.33. The zero-order valence-corrected chi connectivity index (χ0v) is 19.4. The Balaban J connectivity index is 1.31. The van der Waals surface area contributed by atoms with Gasteiger partial charge in [0.25, 0.3) is 5.91 Å². The van der Waals surface area contributed by atoms with Crippen LogP contribution in [0.15, 0.2) is 79.9 Å². The van der Waals surface area contributed by atoms with Crippen molar-refractivity contribution in [1.29, 1.82) is 0 Å². The molecule has 3 aromatic rings. The van der Waals surface area contributed by atoms with Gasteiger partial charge in [0.15, 0.2) is 0 Å². The van der Waals surface area contributed by atoms with Crippen molar-refractivity contribution in [3.8, 4) is 0 Å². The number of amides is 1. The van der Waals surface area contributed by atoms with Gasteiger partial charge in [0, 0.05) is 25.2 Å². The summed E-state index contributed by atoms with van der Waals surface area (Å²) < 4.78 is 38.5. The maximum atomic E-state index is 13.1. The van der Waals surface area contributed by atoms with Crippen molar-refractivity contribution in [3.63, 3.8) is 0 Å². The van der Waals surface area contributed by atoms with E-state index >= 15 is 0 Å². The number of nitrogens with zero attached hydrogens (tertiary/aromatic N) is 3. The minimum absolute atomic E-state index is 0.0562. The lowest BCUT2D eigenvalue weighted by molar-refractivity contribution is -0.131. The average molecular weight is 483 g/mol. The molecule has 0 radical (unpaired) electrons. The molecule has 2 aromatic heterocycles. The number of anilines is 1. The first-order chi connectivity index (χ1) is 16.5. The van der Waals surface area contributed by atoms with Gasteiger partial charge in [0.2, 0.25) is 10.0 Å². The Labute approximate surface area is 198 Å². The van der Waals surface area contributed by atoms with Crippen LogP contribution in [0.5, 0.6) is 0 Å². The normalized spacial score (nSPS) is 19.2. The minimum Gasteiger partial charge on any atom is -0.467 e. The summed E-state index contributed by atoms with van der Waals surface area (Å²) in [4.78, 5) is 13.3. The van der Waals surface area contributed by atoms with Crippen molar-refractivity contribution < 1.29 is 22.0 Å². The third-order valence-electron chi connectivity index (χ3n) is 6.07.